The van der Waals surface area contributed by atoms with Gasteiger partial charge in [-0.15, -0.1) is 0 Å². The summed E-state index contributed by atoms with van der Waals surface area (Å²) in [6.07, 6.45) is 0. The van der Waals surface area contributed by atoms with Gasteiger partial charge >= 0.3 is 0 Å². The number of hydrogen-bond acceptors (Lipinski definition) is 2. The maximum atomic E-state index is 11.6. The second-order valence-corrected chi connectivity index (χ2v) is 5.42. The van der Waals surface area contributed by atoms with Crippen molar-refractivity contribution in [1.29, 1.82) is 0 Å². The third kappa shape index (κ3) is 2.14. The highest BCUT2D eigenvalue weighted by Gasteiger charge is 2.34. The van der Waals surface area contributed by atoms with Gasteiger partial charge in [0.05, 0.1) is 12.1 Å². The molecule has 2 rings (SSSR count). The van der Waals surface area contributed by atoms with Crippen molar-refractivity contribution >= 4 is 11.6 Å². The molecule has 3 nitrogen and oxygen atoms in total. The monoisotopic (exact) mass is 232 g/mol. The molecule has 1 aliphatic heterocycles. The number of rotatable bonds is 1. The van der Waals surface area contributed by atoms with Crippen molar-refractivity contribution in [2.24, 2.45) is 0 Å². The Bertz CT molecular complexity index is 431. The van der Waals surface area contributed by atoms with Crippen molar-refractivity contribution in [2.75, 3.05) is 18.0 Å². The van der Waals surface area contributed by atoms with Gasteiger partial charge in [0.1, 0.15) is 0 Å². The average molecular weight is 232 g/mol. The zero-order chi connectivity index (χ0) is 12.6. The number of benzene rings is 1. The van der Waals surface area contributed by atoms with Gasteiger partial charge in [-0.05, 0) is 38.8 Å². The quantitative estimate of drug-likeness (QED) is 0.803. The van der Waals surface area contributed by atoms with E-state index in [9.17, 15) is 4.79 Å². The lowest BCUT2D eigenvalue weighted by Crippen LogP contribution is -2.60. The van der Waals surface area contributed by atoms with E-state index in [1.165, 1.54) is 16.8 Å². The van der Waals surface area contributed by atoms with Gasteiger partial charge in [0.15, 0.2) is 0 Å². The Hall–Kier alpha value is -1.51. The first kappa shape index (κ1) is 12.0. The van der Waals surface area contributed by atoms with Gasteiger partial charge in [-0.25, -0.2) is 0 Å². The summed E-state index contributed by atoms with van der Waals surface area (Å²) in [5, 5.41) is 2.93. The fourth-order valence-corrected chi connectivity index (χ4v) is 2.44. The molecule has 0 bridgehead atoms. The predicted octanol–water partition coefficient (Wildman–Crippen LogP) is 2.02. The zero-order valence-electron chi connectivity index (χ0n) is 11.0. The molecule has 17 heavy (non-hydrogen) atoms. The standard InChI is InChI=1S/C14H20N2O/c1-10-6-5-7-11(2)13(10)16-8-12(17)15-9-14(16,3)4/h5-7H,8-9H2,1-4H3,(H,15,17). The number of nitrogens with zero attached hydrogens (tertiary/aromatic N) is 1. The normalized spacial score (nSPS) is 19.1. The average Bonchev–Trinajstić information content (AvgIpc) is 2.23. The van der Waals surface area contributed by atoms with E-state index in [0.717, 1.165) is 0 Å². The fourth-order valence-electron chi connectivity index (χ4n) is 2.44. The Balaban J connectivity index is 2.46. The summed E-state index contributed by atoms with van der Waals surface area (Å²) in [7, 11) is 0. The van der Waals surface area contributed by atoms with Crippen LogP contribution in [-0.4, -0.2) is 24.5 Å². The minimum absolute atomic E-state index is 0.0369. The Morgan fingerprint density at radius 2 is 1.82 bits per heavy atom. The summed E-state index contributed by atoms with van der Waals surface area (Å²) in [4.78, 5) is 13.8. The van der Waals surface area contributed by atoms with Crippen LogP contribution in [0.3, 0.4) is 0 Å². The molecule has 0 spiro atoms. The van der Waals surface area contributed by atoms with Gasteiger partial charge in [0.2, 0.25) is 5.91 Å². The van der Waals surface area contributed by atoms with Crippen LogP contribution in [0.15, 0.2) is 18.2 Å². The van der Waals surface area contributed by atoms with E-state index >= 15 is 0 Å². The van der Waals surface area contributed by atoms with Crippen LogP contribution in [0, 0.1) is 13.8 Å². The molecule has 0 aromatic heterocycles. The first-order valence-corrected chi connectivity index (χ1v) is 6.02. The second kappa shape index (κ2) is 4.06. The summed E-state index contributed by atoms with van der Waals surface area (Å²) in [5.41, 5.74) is 3.62. The fraction of sp³-hybridized carbons (Fsp3) is 0.500. The second-order valence-electron chi connectivity index (χ2n) is 5.42. The Labute approximate surface area is 103 Å². The summed E-state index contributed by atoms with van der Waals surface area (Å²) in [5.74, 6) is 0.104. The number of carbonyl (C=O) groups is 1. The number of hydrogen-bond donors (Lipinski definition) is 1. The van der Waals surface area contributed by atoms with Gasteiger partial charge in [-0.1, -0.05) is 18.2 Å². The topological polar surface area (TPSA) is 32.3 Å². The van der Waals surface area contributed by atoms with Crippen LogP contribution >= 0.6 is 0 Å². The molecule has 0 atom stereocenters. The van der Waals surface area contributed by atoms with E-state index in [1.807, 2.05) is 0 Å². The number of nitrogens with one attached hydrogen (secondary N) is 1. The highest BCUT2D eigenvalue weighted by atomic mass is 16.2. The minimum Gasteiger partial charge on any atom is -0.355 e. The molecular weight excluding hydrogens is 212 g/mol. The molecule has 1 fully saturated rings. The van der Waals surface area contributed by atoms with Gasteiger partial charge in [-0.2, -0.15) is 0 Å². The van der Waals surface area contributed by atoms with Crippen LogP contribution in [0.2, 0.25) is 0 Å². The van der Waals surface area contributed by atoms with E-state index in [4.69, 9.17) is 0 Å². The first-order valence-electron chi connectivity index (χ1n) is 6.02. The molecule has 1 aliphatic rings. The Kier molecular flexibility index (Phi) is 2.86. The number of aryl methyl sites for hydroxylation is 2. The van der Waals surface area contributed by atoms with Crippen LogP contribution in [0.1, 0.15) is 25.0 Å². The summed E-state index contributed by atoms with van der Waals surface area (Å²) in [6.45, 7) is 9.67. The van der Waals surface area contributed by atoms with E-state index in [0.29, 0.717) is 13.1 Å². The molecule has 3 heteroatoms. The lowest BCUT2D eigenvalue weighted by molar-refractivity contribution is -0.121. The predicted molar refractivity (Wildman–Crippen MR) is 70.4 cm³/mol. The van der Waals surface area contributed by atoms with Gasteiger partial charge < -0.3 is 10.2 Å². The maximum Gasteiger partial charge on any atom is 0.239 e. The number of amides is 1. The largest absolute Gasteiger partial charge is 0.355 e. The van der Waals surface area contributed by atoms with Crippen molar-refractivity contribution in [3.63, 3.8) is 0 Å². The molecule has 1 aromatic carbocycles. The maximum absolute atomic E-state index is 11.6. The molecule has 1 amide bonds. The van der Waals surface area contributed by atoms with Crippen molar-refractivity contribution in [3.05, 3.63) is 29.3 Å². The molecule has 92 valence electrons. The summed E-state index contributed by atoms with van der Waals surface area (Å²) < 4.78 is 0. The van der Waals surface area contributed by atoms with Crippen molar-refractivity contribution < 1.29 is 4.79 Å². The third-order valence-corrected chi connectivity index (χ3v) is 3.46. The van der Waals surface area contributed by atoms with Crippen molar-refractivity contribution in [1.82, 2.24) is 5.32 Å². The van der Waals surface area contributed by atoms with Gasteiger partial charge in [0, 0.05) is 12.2 Å². The minimum atomic E-state index is -0.0369. The summed E-state index contributed by atoms with van der Waals surface area (Å²) >= 11 is 0. The molecule has 0 aliphatic carbocycles. The number of piperazine rings is 1. The zero-order valence-corrected chi connectivity index (χ0v) is 11.0. The molecule has 1 N–H and O–H groups in total. The van der Waals surface area contributed by atoms with E-state index in [-0.39, 0.29) is 11.4 Å². The van der Waals surface area contributed by atoms with E-state index in [1.54, 1.807) is 0 Å². The molecule has 1 aromatic rings. The highest BCUT2D eigenvalue weighted by molar-refractivity contribution is 5.84. The molecule has 0 saturated carbocycles. The van der Waals surface area contributed by atoms with Crippen molar-refractivity contribution in [2.45, 2.75) is 33.2 Å². The molecule has 0 unspecified atom stereocenters. The van der Waals surface area contributed by atoms with Crippen LogP contribution in [0.5, 0.6) is 0 Å². The smallest absolute Gasteiger partial charge is 0.239 e. The first-order chi connectivity index (χ1) is 7.92. The number of carbonyl (C=O) groups excluding carboxylic acids is 1. The van der Waals surface area contributed by atoms with Gasteiger partial charge in [0.25, 0.3) is 0 Å². The molecule has 1 saturated heterocycles. The Morgan fingerprint density at radius 1 is 1.24 bits per heavy atom. The molecule has 0 radical (unpaired) electrons. The van der Waals surface area contributed by atoms with Crippen LogP contribution < -0.4 is 10.2 Å². The third-order valence-electron chi connectivity index (χ3n) is 3.46. The molecule has 1 heterocycles. The SMILES string of the molecule is Cc1cccc(C)c1N1CC(=O)NCC1(C)C. The van der Waals surface area contributed by atoms with Crippen LogP contribution in [0.4, 0.5) is 5.69 Å². The van der Waals surface area contributed by atoms with E-state index in [2.05, 4.69) is 56.1 Å². The Morgan fingerprint density at radius 3 is 2.41 bits per heavy atom. The van der Waals surface area contributed by atoms with E-state index < -0.39 is 0 Å². The van der Waals surface area contributed by atoms with Gasteiger partial charge in [-0.3, -0.25) is 4.79 Å². The summed E-state index contributed by atoms with van der Waals surface area (Å²) in [6, 6.07) is 6.26. The van der Waals surface area contributed by atoms with Crippen molar-refractivity contribution in [3.8, 4) is 0 Å². The number of para-hydroxylation sites is 1. The molecular formula is C14H20N2O. The van der Waals surface area contributed by atoms with Crippen LogP contribution in [-0.2, 0) is 4.79 Å². The van der Waals surface area contributed by atoms with Crippen LogP contribution in [0.25, 0.3) is 0 Å². The lowest BCUT2D eigenvalue weighted by Gasteiger charge is -2.45. The number of anilines is 1. The highest BCUT2D eigenvalue weighted by Crippen LogP contribution is 2.31. The lowest BCUT2D eigenvalue weighted by atomic mass is 9.96.